The first-order valence-electron chi connectivity index (χ1n) is 21.8. The maximum absolute atomic E-state index is 15.0. The molecule has 2 saturated heterocycles. The topological polar surface area (TPSA) is 205 Å². The second kappa shape index (κ2) is 17.8. The van der Waals surface area contributed by atoms with E-state index < -0.39 is 36.1 Å². The number of aryl methyl sites for hydroxylation is 1. The number of rotatable bonds is 12. The molecule has 5 aliphatic rings. The first-order chi connectivity index (χ1) is 31.0. The van der Waals surface area contributed by atoms with Crippen LogP contribution in [0.3, 0.4) is 0 Å². The average molecular weight is 882 g/mol. The highest BCUT2D eigenvalue weighted by molar-refractivity contribution is 6.25. The van der Waals surface area contributed by atoms with Crippen molar-refractivity contribution < 1.29 is 42.3 Å². The Morgan fingerprint density at radius 1 is 0.984 bits per heavy atom. The van der Waals surface area contributed by atoms with E-state index >= 15 is 8.78 Å². The summed E-state index contributed by atoms with van der Waals surface area (Å²) in [7, 11) is 1.61. The van der Waals surface area contributed by atoms with Crippen LogP contribution in [0.1, 0.15) is 94.1 Å². The molecule has 2 fully saturated rings. The molecule has 336 valence electrons. The van der Waals surface area contributed by atoms with Gasteiger partial charge in [-0.05, 0) is 67.5 Å². The van der Waals surface area contributed by atoms with E-state index in [1.165, 1.54) is 6.07 Å². The van der Waals surface area contributed by atoms with Gasteiger partial charge in [-0.2, -0.15) is 10.2 Å². The fourth-order valence-corrected chi connectivity index (χ4v) is 9.50. The molecule has 0 aliphatic carbocycles. The SMILES string of the molecule is CNC(=O)N1CCc2c(c(N3CCCc4cc(-c5cnn(CCNC(=O)CCNc6cccc7c6C(=O)N(C6CCC(=O)NC6=O)C7=O)c5)c(C(F)F)cc43)nn2C2CCOCC2)C1. The molecule has 18 nitrogen and oxygen atoms in total. The summed E-state index contributed by atoms with van der Waals surface area (Å²) in [6, 6.07) is 7.00. The zero-order chi connectivity index (χ0) is 44.6. The summed E-state index contributed by atoms with van der Waals surface area (Å²) < 4.78 is 39.3. The number of fused-ring (bicyclic) bond motifs is 3. The molecule has 7 heterocycles. The van der Waals surface area contributed by atoms with Crippen LogP contribution in [0, 0.1) is 0 Å². The van der Waals surface area contributed by atoms with Crippen molar-refractivity contribution in [3.8, 4) is 11.1 Å². The van der Waals surface area contributed by atoms with Crippen molar-refractivity contribution in [1.29, 1.82) is 0 Å². The van der Waals surface area contributed by atoms with Crippen LogP contribution in [0.15, 0.2) is 42.7 Å². The number of aromatic nitrogens is 4. The lowest BCUT2D eigenvalue weighted by Crippen LogP contribution is -2.54. The number of hydrogen-bond acceptors (Lipinski definition) is 11. The Morgan fingerprint density at radius 3 is 2.59 bits per heavy atom. The van der Waals surface area contributed by atoms with E-state index in [4.69, 9.17) is 9.84 Å². The summed E-state index contributed by atoms with van der Waals surface area (Å²) >= 11 is 0. The van der Waals surface area contributed by atoms with Gasteiger partial charge in [0.15, 0.2) is 5.82 Å². The minimum absolute atomic E-state index is 0.0103. The zero-order valence-corrected chi connectivity index (χ0v) is 35.3. The maximum Gasteiger partial charge on any atom is 0.317 e. The van der Waals surface area contributed by atoms with Crippen LogP contribution >= 0.6 is 0 Å². The lowest BCUT2D eigenvalue weighted by Gasteiger charge is -2.33. The number of anilines is 3. The fourth-order valence-electron chi connectivity index (χ4n) is 9.50. The highest BCUT2D eigenvalue weighted by Crippen LogP contribution is 2.44. The number of carbonyl (C=O) groups excluding carboxylic acids is 6. The lowest BCUT2D eigenvalue weighted by atomic mass is 9.92. The molecule has 4 N–H and O–H groups in total. The third-order valence-electron chi connectivity index (χ3n) is 12.7. The van der Waals surface area contributed by atoms with Gasteiger partial charge in [0.1, 0.15) is 6.04 Å². The van der Waals surface area contributed by atoms with Gasteiger partial charge in [0.05, 0.1) is 36.5 Å². The number of piperidine rings is 1. The maximum atomic E-state index is 15.0. The Kier molecular flexibility index (Phi) is 11.9. The second-order valence-electron chi connectivity index (χ2n) is 16.6. The Balaban J connectivity index is 0.848. The van der Waals surface area contributed by atoms with Crippen molar-refractivity contribution >= 4 is 52.8 Å². The Morgan fingerprint density at radius 2 is 1.81 bits per heavy atom. The number of ether oxygens (including phenoxy) is 1. The minimum atomic E-state index is -2.78. The second-order valence-corrected chi connectivity index (χ2v) is 16.6. The molecule has 9 rings (SSSR count). The summed E-state index contributed by atoms with van der Waals surface area (Å²) in [4.78, 5) is 80.9. The number of alkyl halides is 2. The minimum Gasteiger partial charge on any atom is -0.384 e. The van der Waals surface area contributed by atoms with E-state index in [-0.39, 0.29) is 73.6 Å². The number of nitrogens with one attached hydrogen (secondary N) is 4. The molecule has 2 aromatic carbocycles. The van der Waals surface area contributed by atoms with E-state index in [2.05, 4.69) is 31.0 Å². The van der Waals surface area contributed by atoms with Gasteiger partial charge >= 0.3 is 6.03 Å². The molecular weight excluding hydrogens is 833 g/mol. The smallest absolute Gasteiger partial charge is 0.317 e. The average Bonchev–Trinajstić information content (AvgIpc) is 4.00. The molecule has 0 saturated carbocycles. The Labute approximate surface area is 366 Å². The molecule has 4 aromatic rings. The molecule has 1 atom stereocenters. The van der Waals surface area contributed by atoms with Gasteiger partial charge in [-0.25, -0.2) is 13.6 Å². The summed E-state index contributed by atoms with van der Waals surface area (Å²) in [5.74, 6) is -2.03. The Bertz CT molecular complexity index is 2530. The molecule has 5 aliphatic heterocycles. The molecule has 20 heteroatoms. The molecule has 0 radical (unpaired) electrons. The van der Waals surface area contributed by atoms with E-state index in [1.54, 1.807) is 47.2 Å². The van der Waals surface area contributed by atoms with Gasteiger partial charge in [-0.1, -0.05) is 6.07 Å². The molecule has 0 spiro atoms. The predicted octanol–water partition coefficient (Wildman–Crippen LogP) is 3.84. The van der Waals surface area contributed by atoms with Crippen LogP contribution in [-0.4, -0.2) is 117 Å². The predicted molar refractivity (Wildman–Crippen MR) is 227 cm³/mol. The number of carbonyl (C=O) groups is 6. The molecule has 64 heavy (non-hydrogen) atoms. The molecule has 2 aromatic heterocycles. The number of benzene rings is 2. The van der Waals surface area contributed by atoms with Crippen LogP contribution in [0.5, 0.6) is 0 Å². The lowest BCUT2D eigenvalue weighted by molar-refractivity contribution is -0.136. The van der Waals surface area contributed by atoms with Crippen molar-refractivity contribution in [3.63, 3.8) is 0 Å². The number of amides is 7. The van der Waals surface area contributed by atoms with Gasteiger partial charge in [-0.15, -0.1) is 0 Å². The first kappa shape index (κ1) is 42.6. The van der Waals surface area contributed by atoms with Crippen LogP contribution in [-0.2, 0) is 45.1 Å². The number of hydrogen-bond donors (Lipinski definition) is 4. The van der Waals surface area contributed by atoms with Gasteiger partial charge in [0.25, 0.3) is 18.2 Å². The van der Waals surface area contributed by atoms with E-state index in [0.717, 1.165) is 41.0 Å². The number of halogens is 2. The monoisotopic (exact) mass is 881 g/mol. The van der Waals surface area contributed by atoms with Crippen molar-refractivity contribution in [3.05, 3.63) is 76.2 Å². The van der Waals surface area contributed by atoms with E-state index in [1.807, 2.05) is 11.0 Å². The number of imide groups is 2. The first-order valence-corrected chi connectivity index (χ1v) is 21.8. The number of nitrogens with zero attached hydrogens (tertiary/aromatic N) is 7. The van der Waals surface area contributed by atoms with E-state index in [9.17, 15) is 28.8 Å². The molecule has 7 amide bonds. The van der Waals surface area contributed by atoms with Crippen molar-refractivity contribution in [1.82, 2.24) is 45.3 Å². The van der Waals surface area contributed by atoms with Crippen LogP contribution in [0.4, 0.5) is 30.8 Å². The standard InChI is InChI=1S/C44H49F2N11O7/c1-47-44(63)53-16-10-33-31(24-53)40(52-57(33)27-11-18-64-19-12-27)55-15-3-4-25-20-29(30(39(45)46)21-35(25)55)26-22-50-54(23-26)17-14-49-36(58)9-13-48-32-6-2-5-28-38(32)43(62)56(42(28)61)34-7-8-37(59)51-41(34)60/h2,5-6,20-23,27,34,39,48H,3-4,7-19,24H2,1H3,(H,47,63)(H,49,58)(H,51,59,60). The van der Waals surface area contributed by atoms with Crippen LogP contribution in [0.25, 0.3) is 11.1 Å². The summed E-state index contributed by atoms with van der Waals surface area (Å²) in [6.07, 6.45) is 4.28. The van der Waals surface area contributed by atoms with Crippen molar-refractivity contribution in [2.75, 3.05) is 56.7 Å². The Hall–Kier alpha value is -6.70. The molecule has 0 bridgehead atoms. The van der Waals surface area contributed by atoms with Crippen molar-refractivity contribution in [2.45, 2.75) is 83.0 Å². The normalized spacial score (nSPS) is 18.8. The zero-order valence-electron chi connectivity index (χ0n) is 35.3. The quantitative estimate of drug-likeness (QED) is 0.151. The third kappa shape index (κ3) is 8.05. The number of urea groups is 1. The highest BCUT2D eigenvalue weighted by Gasteiger charge is 2.45. The van der Waals surface area contributed by atoms with Gasteiger partial charge in [0, 0.05) is 106 Å². The van der Waals surface area contributed by atoms with E-state index in [0.29, 0.717) is 74.0 Å². The van der Waals surface area contributed by atoms with Gasteiger partial charge < -0.3 is 30.5 Å². The summed E-state index contributed by atoms with van der Waals surface area (Å²) in [6.45, 7) is 3.40. The molecular formula is C44H49F2N11O7. The van der Waals surface area contributed by atoms with Gasteiger partial charge in [0.2, 0.25) is 17.7 Å². The third-order valence-corrected chi connectivity index (χ3v) is 12.7. The molecule has 1 unspecified atom stereocenters. The van der Waals surface area contributed by atoms with Gasteiger partial charge in [-0.3, -0.25) is 43.6 Å². The summed E-state index contributed by atoms with van der Waals surface area (Å²) in [5, 5.41) is 20.4. The van der Waals surface area contributed by atoms with Crippen molar-refractivity contribution in [2.24, 2.45) is 0 Å². The van der Waals surface area contributed by atoms with Crippen LogP contribution < -0.4 is 26.2 Å². The largest absolute Gasteiger partial charge is 0.384 e. The summed E-state index contributed by atoms with van der Waals surface area (Å²) in [5.41, 5.74) is 4.95. The van der Waals surface area contributed by atoms with Crippen LogP contribution in [0.2, 0.25) is 0 Å². The fraction of sp³-hybridized carbons (Fsp3) is 0.455. The highest BCUT2D eigenvalue weighted by atomic mass is 19.3.